The third-order valence-corrected chi connectivity index (χ3v) is 7.29. The number of fused-ring (bicyclic) bond motifs is 3. The van der Waals surface area contributed by atoms with Crippen molar-refractivity contribution in [1.82, 2.24) is 15.5 Å². The van der Waals surface area contributed by atoms with E-state index < -0.39 is 6.04 Å². The number of amidine groups is 2. The maximum absolute atomic E-state index is 13.3. The van der Waals surface area contributed by atoms with Crippen LogP contribution in [0, 0.1) is 0 Å². The van der Waals surface area contributed by atoms with Gasteiger partial charge in [0, 0.05) is 24.6 Å². The number of nitrogens with zero attached hydrogens (tertiary/aromatic N) is 3. The number of para-hydroxylation sites is 1. The molecule has 1 atom stereocenters. The van der Waals surface area contributed by atoms with Crippen LogP contribution in [0.1, 0.15) is 70.3 Å². The summed E-state index contributed by atoms with van der Waals surface area (Å²) in [5.41, 5.74) is 1.53. The van der Waals surface area contributed by atoms with Crippen LogP contribution < -0.4 is 10.6 Å². The van der Waals surface area contributed by atoms with Crippen molar-refractivity contribution < 1.29 is 14.4 Å². The van der Waals surface area contributed by atoms with Crippen molar-refractivity contribution in [2.24, 2.45) is 9.98 Å². The predicted molar refractivity (Wildman–Crippen MR) is 135 cm³/mol. The molecule has 4 rings (SSSR count). The number of rotatable bonds is 9. The largest absolute Gasteiger partial charge is 0.356 e. The molecule has 1 fully saturated rings. The minimum Gasteiger partial charge on any atom is -0.356 e. The molecule has 0 unspecified atom stereocenters. The van der Waals surface area contributed by atoms with Gasteiger partial charge in [0.05, 0.1) is 11.4 Å². The van der Waals surface area contributed by atoms with E-state index in [9.17, 15) is 14.4 Å². The lowest BCUT2D eigenvalue weighted by Crippen LogP contribution is -2.42. The van der Waals surface area contributed by atoms with Gasteiger partial charge < -0.3 is 10.6 Å². The molecule has 1 aliphatic carbocycles. The molecule has 1 aromatic carbocycles. The van der Waals surface area contributed by atoms with Gasteiger partial charge in [-0.3, -0.25) is 19.4 Å². The van der Waals surface area contributed by atoms with Crippen LogP contribution in [0.3, 0.4) is 0 Å². The summed E-state index contributed by atoms with van der Waals surface area (Å²) < 4.78 is 0. The summed E-state index contributed by atoms with van der Waals surface area (Å²) in [4.78, 5) is 48.9. The molecule has 0 saturated heterocycles. The number of nitrogens with one attached hydrogen (secondary N) is 2. The summed E-state index contributed by atoms with van der Waals surface area (Å²) in [6.45, 7) is 2.72. The Morgan fingerprint density at radius 2 is 1.94 bits per heavy atom. The lowest BCUT2D eigenvalue weighted by Gasteiger charge is -2.26. The maximum Gasteiger partial charge on any atom is 0.259 e. The number of hydrogen-bond acceptors (Lipinski definition) is 6. The molecule has 3 amide bonds. The van der Waals surface area contributed by atoms with Crippen LogP contribution >= 0.6 is 11.8 Å². The van der Waals surface area contributed by atoms with Gasteiger partial charge >= 0.3 is 0 Å². The number of carbonyl (C=O) groups excluding carboxylic acids is 3. The zero-order valence-electron chi connectivity index (χ0n) is 19.7. The van der Waals surface area contributed by atoms with E-state index in [1.165, 1.54) is 23.1 Å². The third-order valence-electron chi connectivity index (χ3n) is 6.35. The lowest BCUT2D eigenvalue weighted by molar-refractivity contribution is -0.125. The SMILES string of the molecule is CCCCNC(=O)CC[C@H]1N=C2c3ccccc3N=C(SCC(=O)NC3CCCCC3)N2C1=O. The fourth-order valence-electron chi connectivity index (χ4n) is 4.49. The first-order valence-corrected chi connectivity index (χ1v) is 13.3. The molecule has 8 nitrogen and oxygen atoms in total. The minimum atomic E-state index is -0.625. The van der Waals surface area contributed by atoms with Gasteiger partial charge in [-0.05, 0) is 37.8 Å². The van der Waals surface area contributed by atoms with Crippen molar-refractivity contribution in [2.45, 2.75) is 76.8 Å². The van der Waals surface area contributed by atoms with Crippen molar-refractivity contribution in [3.63, 3.8) is 0 Å². The van der Waals surface area contributed by atoms with Crippen LogP contribution in [-0.4, -0.2) is 58.0 Å². The fourth-order valence-corrected chi connectivity index (χ4v) is 5.31. The van der Waals surface area contributed by atoms with Crippen LogP contribution in [0.2, 0.25) is 0 Å². The Kier molecular flexibility index (Phi) is 8.37. The van der Waals surface area contributed by atoms with E-state index in [1.807, 2.05) is 24.3 Å². The number of amides is 3. The minimum absolute atomic E-state index is 0.0381. The summed E-state index contributed by atoms with van der Waals surface area (Å²) in [5.74, 6) is 0.462. The van der Waals surface area contributed by atoms with E-state index in [2.05, 4.69) is 22.5 Å². The first-order valence-electron chi connectivity index (χ1n) is 12.4. The topological polar surface area (TPSA) is 103 Å². The van der Waals surface area contributed by atoms with Crippen LogP contribution in [0.25, 0.3) is 0 Å². The molecule has 0 spiro atoms. The van der Waals surface area contributed by atoms with Crippen LogP contribution in [0.15, 0.2) is 34.3 Å². The molecular weight excluding hydrogens is 450 g/mol. The smallest absolute Gasteiger partial charge is 0.259 e. The van der Waals surface area contributed by atoms with E-state index in [-0.39, 0.29) is 35.9 Å². The molecule has 2 heterocycles. The van der Waals surface area contributed by atoms with Crippen LogP contribution in [0.5, 0.6) is 0 Å². The van der Waals surface area contributed by atoms with Crippen LogP contribution in [0.4, 0.5) is 5.69 Å². The predicted octanol–water partition coefficient (Wildman–Crippen LogP) is 3.52. The molecule has 1 aromatic rings. The highest BCUT2D eigenvalue weighted by Crippen LogP contribution is 2.34. The van der Waals surface area contributed by atoms with Crippen molar-refractivity contribution in [2.75, 3.05) is 12.3 Å². The summed E-state index contributed by atoms with van der Waals surface area (Å²) in [6, 6.07) is 7.19. The molecule has 0 aromatic heterocycles. The van der Waals surface area contributed by atoms with Gasteiger partial charge in [0.25, 0.3) is 5.91 Å². The standard InChI is InChI=1S/C25H33N5O3S/c1-2-3-15-26-21(31)14-13-20-24(33)30-23(28-20)18-11-7-8-12-19(18)29-25(30)34-16-22(32)27-17-9-5-4-6-10-17/h7-8,11-12,17,20H,2-6,9-10,13-16H2,1H3,(H,26,31)(H,27,32)/t20-/m1/s1. The maximum atomic E-state index is 13.3. The Morgan fingerprint density at radius 3 is 2.74 bits per heavy atom. The molecule has 182 valence electrons. The van der Waals surface area contributed by atoms with Crippen molar-refractivity contribution in [1.29, 1.82) is 0 Å². The van der Waals surface area contributed by atoms with Gasteiger partial charge in [-0.2, -0.15) is 0 Å². The van der Waals surface area contributed by atoms with Crippen molar-refractivity contribution in [3.05, 3.63) is 29.8 Å². The third kappa shape index (κ3) is 5.87. The Labute approximate surface area is 205 Å². The van der Waals surface area contributed by atoms with Gasteiger partial charge in [-0.1, -0.05) is 56.5 Å². The Hall–Kier alpha value is -2.68. The second-order valence-corrected chi connectivity index (χ2v) is 9.93. The molecule has 2 N–H and O–H groups in total. The van der Waals surface area contributed by atoms with E-state index >= 15 is 0 Å². The molecule has 1 saturated carbocycles. The highest BCUT2D eigenvalue weighted by molar-refractivity contribution is 8.14. The molecule has 0 radical (unpaired) electrons. The summed E-state index contributed by atoms with van der Waals surface area (Å²) in [7, 11) is 0. The summed E-state index contributed by atoms with van der Waals surface area (Å²) in [6.07, 6.45) is 8.14. The van der Waals surface area contributed by atoms with E-state index in [0.29, 0.717) is 24.0 Å². The fraction of sp³-hybridized carbons (Fsp3) is 0.560. The first-order chi connectivity index (χ1) is 16.6. The quantitative estimate of drug-likeness (QED) is 0.525. The normalized spacial score (nSPS) is 19.7. The molecule has 0 bridgehead atoms. The van der Waals surface area contributed by atoms with E-state index in [0.717, 1.165) is 49.8 Å². The van der Waals surface area contributed by atoms with Gasteiger partial charge in [0.15, 0.2) is 5.17 Å². The Morgan fingerprint density at radius 1 is 1.15 bits per heavy atom. The molecular formula is C25H33N5O3S. The van der Waals surface area contributed by atoms with E-state index in [4.69, 9.17) is 4.99 Å². The average Bonchev–Trinajstić information content (AvgIpc) is 3.18. The Balaban J connectivity index is 1.42. The average molecular weight is 484 g/mol. The van der Waals surface area contributed by atoms with Crippen molar-refractivity contribution in [3.8, 4) is 0 Å². The highest BCUT2D eigenvalue weighted by atomic mass is 32.2. The summed E-state index contributed by atoms with van der Waals surface area (Å²) in [5, 5.41) is 6.48. The lowest BCUT2D eigenvalue weighted by atomic mass is 9.95. The number of carbonyl (C=O) groups is 3. The number of aliphatic imine (C=N–C) groups is 2. The second kappa shape index (κ2) is 11.6. The molecule has 2 aliphatic heterocycles. The van der Waals surface area contributed by atoms with E-state index in [1.54, 1.807) is 0 Å². The Bertz CT molecular complexity index is 987. The molecule has 9 heteroatoms. The first kappa shape index (κ1) is 24.4. The van der Waals surface area contributed by atoms with Gasteiger partial charge in [0.1, 0.15) is 11.9 Å². The zero-order valence-corrected chi connectivity index (χ0v) is 20.5. The number of hydrogen-bond donors (Lipinski definition) is 2. The number of benzene rings is 1. The van der Waals surface area contributed by atoms with Gasteiger partial charge in [-0.15, -0.1) is 0 Å². The zero-order chi connectivity index (χ0) is 23.9. The number of thioether (sulfide) groups is 1. The number of unbranched alkanes of at least 4 members (excludes halogenated alkanes) is 1. The van der Waals surface area contributed by atoms with Gasteiger partial charge in [0.2, 0.25) is 11.8 Å². The molecule has 3 aliphatic rings. The van der Waals surface area contributed by atoms with Crippen molar-refractivity contribution >= 4 is 46.2 Å². The summed E-state index contributed by atoms with van der Waals surface area (Å²) >= 11 is 1.26. The molecule has 34 heavy (non-hydrogen) atoms. The van der Waals surface area contributed by atoms with Gasteiger partial charge in [-0.25, -0.2) is 9.89 Å². The van der Waals surface area contributed by atoms with Crippen LogP contribution in [-0.2, 0) is 14.4 Å². The monoisotopic (exact) mass is 483 g/mol. The second-order valence-electron chi connectivity index (χ2n) is 8.99. The highest BCUT2D eigenvalue weighted by Gasteiger charge is 2.41.